The number of aromatic nitrogens is 2. The van der Waals surface area contributed by atoms with E-state index in [2.05, 4.69) is 20.6 Å². The van der Waals surface area contributed by atoms with E-state index in [1.165, 1.54) is 0 Å². The van der Waals surface area contributed by atoms with Crippen molar-refractivity contribution in [2.45, 2.75) is 6.92 Å². The Labute approximate surface area is 182 Å². The number of rotatable bonds is 4. The molecule has 0 saturated heterocycles. The van der Waals surface area contributed by atoms with Gasteiger partial charge in [-0.05, 0) is 61.0 Å². The van der Waals surface area contributed by atoms with E-state index in [0.717, 1.165) is 26.7 Å². The van der Waals surface area contributed by atoms with Gasteiger partial charge in [0.05, 0.1) is 15.6 Å². The second-order valence-corrected chi connectivity index (χ2v) is 8.19. The SMILES string of the molecule is Cc1nc(-c2ccnc(N)c2)c(-c2cccc(NC(=O)Nc3ccc(Cl)cc3)c2)s1. The minimum atomic E-state index is -0.336. The van der Waals surface area contributed by atoms with Crippen molar-refractivity contribution < 1.29 is 4.79 Å². The maximum absolute atomic E-state index is 12.4. The summed E-state index contributed by atoms with van der Waals surface area (Å²) in [6.45, 7) is 1.96. The molecule has 0 aliphatic rings. The van der Waals surface area contributed by atoms with Crippen molar-refractivity contribution in [1.29, 1.82) is 0 Å². The number of hydrogen-bond acceptors (Lipinski definition) is 5. The zero-order valence-corrected chi connectivity index (χ0v) is 17.6. The van der Waals surface area contributed by atoms with Crippen molar-refractivity contribution in [2.75, 3.05) is 16.4 Å². The number of pyridine rings is 1. The largest absolute Gasteiger partial charge is 0.384 e. The molecule has 0 bridgehead atoms. The number of amides is 2. The number of nitrogens with zero attached hydrogens (tertiary/aromatic N) is 2. The van der Waals surface area contributed by atoms with E-state index in [1.807, 2.05) is 37.3 Å². The first-order valence-corrected chi connectivity index (χ1v) is 10.3. The second-order valence-electron chi connectivity index (χ2n) is 6.55. The Bertz CT molecular complexity index is 1210. The second kappa shape index (κ2) is 8.52. The zero-order chi connectivity index (χ0) is 21.1. The molecule has 0 radical (unpaired) electrons. The monoisotopic (exact) mass is 435 g/mol. The van der Waals surface area contributed by atoms with Crippen molar-refractivity contribution in [1.82, 2.24) is 9.97 Å². The number of nitrogens with two attached hydrogens (primary N) is 1. The highest BCUT2D eigenvalue weighted by Crippen LogP contribution is 2.37. The number of urea groups is 1. The molecule has 0 spiro atoms. The van der Waals surface area contributed by atoms with Gasteiger partial charge in [0.2, 0.25) is 0 Å². The van der Waals surface area contributed by atoms with E-state index < -0.39 is 0 Å². The van der Waals surface area contributed by atoms with Gasteiger partial charge in [0.1, 0.15) is 5.82 Å². The van der Waals surface area contributed by atoms with Crippen LogP contribution in [0.3, 0.4) is 0 Å². The van der Waals surface area contributed by atoms with Crippen LogP contribution in [0.15, 0.2) is 66.9 Å². The van der Waals surface area contributed by atoms with Crippen LogP contribution >= 0.6 is 22.9 Å². The minimum absolute atomic E-state index is 0.336. The standard InChI is InChI=1S/C22H18ClN5OS/c1-13-26-20(14-9-10-25-19(24)12-14)21(30-13)15-3-2-4-18(11-15)28-22(29)27-17-7-5-16(23)6-8-17/h2-12H,1H3,(H2,24,25)(H2,27,28,29). The smallest absolute Gasteiger partial charge is 0.323 e. The van der Waals surface area contributed by atoms with Gasteiger partial charge in [-0.3, -0.25) is 0 Å². The Morgan fingerprint density at radius 1 is 1.00 bits per heavy atom. The number of carbonyl (C=O) groups is 1. The minimum Gasteiger partial charge on any atom is -0.384 e. The third-order valence-corrected chi connectivity index (χ3v) is 5.55. The summed E-state index contributed by atoms with van der Waals surface area (Å²) in [5, 5.41) is 7.20. The van der Waals surface area contributed by atoms with Crippen molar-refractivity contribution in [3.63, 3.8) is 0 Å². The molecule has 0 saturated carbocycles. The summed E-state index contributed by atoms with van der Waals surface area (Å²) < 4.78 is 0. The lowest BCUT2D eigenvalue weighted by atomic mass is 10.1. The van der Waals surface area contributed by atoms with Crippen molar-refractivity contribution in [3.05, 3.63) is 76.9 Å². The van der Waals surface area contributed by atoms with Crippen LogP contribution in [0.1, 0.15) is 5.01 Å². The summed E-state index contributed by atoms with van der Waals surface area (Å²) in [7, 11) is 0. The number of aryl methyl sites for hydroxylation is 1. The van der Waals surface area contributed by atoms with E-state index in [4.69, 9.17) is 17.3 Å². The van der Waals surface area contributed by atoms with Gasteiger partial charge in [0.25, 0.3) is 0 Å². The molecular formula is C22H18ClN5OS. The van der Waals surface area contributed by atoms with Crippen molar-refractivity contribution >= 4 is 46.2 Å². The Morgan fingerprint density at radius 2 is 1.77 bits per heavy atom. The van der Waals surface area contributed by atoms with Crippen LogP contribution in [0.25, 0.3) is 21.7 Å². The first kappa shape index (κ1) is 19.9. The molecule has 0 aliphatic heterocycles. The number of hydrogen-bond donors (Lipinski definition) is 3. The average molecular weight is 436 g/mol. The lowest BCUT2D eigenvalue weighted by molar-refractivity contribution is 0.262. The van der Waals surface area contributed by atoms with Crippen LogP contribution in [-0.2, 0) is 0 Å². The summed E-state index contributed by atoms with van der Waals surface area (Å²) in [6, 6.07) is 17.9. The number of carbonyl (C=O) groups excluding carboxylic acids is 1. The molecule has 4 N–H and O–H groups in total. The highest BCUT2D eigenvalue weighted by molar-refractivity contribution is 7.15. The molecule has 4 rings (SSSR count). The zero-order valence-electron chi connectivity index (χ0n) is 16.0. The van der Waals surface area contributed by atoms with Crippen LogP contribution in [0.5, 0.6) is 0 Å². The van der Waals surface area contributed by atoms with Gasteiger partial charge in [0, 0.05) is 28.2 Å². The molecular weight excluding hydrogens is 418 g/mol. The molecule has 0 atom stereocenters. The fourth-order valence-electron chi connectivity index (χ4n) is 2.98. The fourth-order valence-corrected chi connectivity index (χ4v) is 4.04. The fraction of sp³-hybridized carbons (Fsp3) is 0.0455. The van der Waals surface area contributed by atoms with Gasteiger partial charge < -0.3 is 16.4 Å². The third-order valence-electron chi connectivity index (χ3n) is 4.27. The summed E-state index contributed by atoms with van der Waals surface area (Å²) in [5.41, 5.74) is 9.87. The maximum atomic E-state index is 12.4. The van der Waals surface area contributed by atoms with Crippen LogP contribution in [0.4, 0.5) is 22.0 Å². The molecule has 30 heavy (non-hydrogen) atoms. The van der Waals surface area contributed by atoms with E-state index in [-0.39, 0.29) is 6.03 Å². The summed E-state index contributed by atoms with van der Waals surface area (Å²) in [4.78, 5) is 22.1. The predicted molar refractivity (Wildman–Crippen MR) is 124 cm³/mol. The Hall–Kier alpha value is -3.42. The highest BCUT2D eigenvalue weighted by atomic mass is 35.5. The Balaban J connectivity index is 1.58. The van der Waals surface area contributed by atoms with Crippen LogP contribution in [-0.4, -0.2) is 16.0 Å². The van der Waals surface area contributed by atoms with Crippen LogP contribution in [0, 0.1) is 6.92 Å². The number of nitrogen functional groups attached to an aromatic ring is 1. The first-order valence-electron chi connectivity index (χ1n) is 9.11. The number of nitrogens with one attached hydrogen (secondary N) is 2. The normalized spacial score (nSPS) is 10.6. The molecule has 4 aromatic rings. The van der Waals surface area contributed by atoms with Gasteiger partial charge in [-0.15, -0.1) is 11.3 Å². The van der Waals surface area contributed by atoms with E-state index >= 15 is 0 Å². The van der Waals surface area contributed by atoms with Gasteiger partial charge in [0.15, 0.2) is 0 Å². The van der Waals surface area contributed by atoms with Crippen LogP contribution < -0.4 is 16.4 Å². The molecule has 150 valence electrons. The maximum Gasteiger partial charge on any atom is 0.323 e. The molecule has 2 aromatic carbocycles. The van der Waals surface area contributed by atoms with Gasteiger partial charge in [-0.25, -0.2) is 14.8 Å². The van der Waals surface area contributed by atoms with E-state index in [1.54, 1.807) is 47.9 Å². The van der Waals surface area contributed by atoms with Crippen molar-refractivity contribution in [2.24, 2.45) is 0 Å². The number of halogens is 1. The number of anilines is 3. The molecule has 0 fully saturated rings. The summed E-state index contributed by atoms with van der Waals surface area (Å²) in [5.74, 6) is 0.443. The molecule has 6 nitrogen and oxygen atoms in total. The summed E-state index contributed by atoms with van der Waals surface area (Å²) >= 11 is 7.46. The lowest BCUT2D eigenvalue weighted by Gasteiger charge is -2.09. The summed E-state index contributed by atoms with van der Waals surface area (Å²) in [6.07, 6.45) is 1.67. The molecule has 0 unspecified atom stereocenters. The average Bonchev–Trinajstić information content (AvgIpc) is 3.12. The van der Waals surface area contributed by atoms with E-state index in [9.17, 15) is 4.79 Å². The molecule has 8 heteroatoms. The first-order chi connectivity index (χ1) is 14.5. The van der Waals surface area contributed by atoms with Gasteiger partial charge in [-0.1, -0.05) is 23.7 Å². The molecule has 2 heterocycles. The Kier molecular flexibility index (Phi) is 5.65. The molecule has 0 aliphatic carbocycles. The molecule has 2 amide bonds. The molecule has 2 aromatic heterocycles. The van der Waals surface area contributed by atoms with Crippen molar-refractivity contribution in [3.8, 4) is 21.7 Å². The lowest BCUT2D eigenvalue weighted by Crippen LogP contribution is -2.19. The highest BCUT2D eigenvalue weighted by Gasteiger charge is 2.14. The number of thiazole rings is 1. The quantitative estimate of drug-likeness (QED) is 0.363. The van der Waals surface area contributed by atoms with Crippen LogP contribution in [0.2, 0.25) is 5.02 Å². The predicted octanol–water partition coefficient (Wildman–Crippen LogP) is 6.06. The topological polar surface area (TPSA) is 92.9 Å². The Morgan fingerprint density at radius 3 is 2.53 bits per heavy atom. The van der Waals surface area contributed by atoms with E-state index in [0.29, 0.717) is 22.2 Å². The van der Waals surface area contributed by atoms with Gasteiger partial charge in [-0.2, -0.15) is 0 Å². The third kappa shape index (κ3) is 4.59. The number of benzene rings is 2. The van der Waals surface area contributed by atoms with Gasteiger partial charge >= 0.3 is 6.03 Å².